The molecular weight excluding hydrogens is 266 g/mol. The van der Waals surface area contributed by atoms with Crippen molar-refractivity contribution in [1.29, 1.82) is 0 Å². The molecule has 2 rings (SSSR count). The van der Waals surface area contributed by atoms with Crippen LogP contribution >= 0.6 is 0 Å². The molecule has 1 saturated heterocycles. The van der Waals surface area contributed by atoms with Crippen LogP contribution in [-0.4, -0.2) is 56.7 Å². The van der Waals surface area contributed by atoms with E-state index in [9.17, 15) is 4.79 Å². The van der Waals surface area contributed by atoms with Gasteiger partial charge in [0.05, 0.1) is 13.1 Å². The zero-order valence-corrected chi connectivity index (χ0v) is 12.7. The van der Waals surface area contributed by atoms with Gasteiger partial charge in [-0.15, -0.1) is 0 Å². The summed E-state index contributed by atoms with van der Waals surface area (Å²) in [5.74, 6) is 0.895. The lowest BCUT2D eigenvalue weighted by Crippen LogP contribution is -2.45. The van der Waals surface area contributed by atoms with Gasteiger partial charge in [-0.25, -0.2) is 0 Å². The molecule has 0 unspecified atom stereocenters. The summed E-state index contributed by atoms with van der Waals surface area (Å²) in [5.41, 5.74) is 0. The third-order valence-corrected chi connectivity index (χ3v) is 3.76. The topological polar surface area (TPSA) is 53.6 Å². The van der Waals surface area contributed by atoms with Crippen molar-refractivity contribution in [3.8, 4) is 5.75 Å². The second-order valence-corrected chi connectivity index (χ2v) is 5.41. The van der Waals surface area contributed by atoms with Crippen molar-refractivity contribution in [1.82, 2.24) is 15.5 Å². The van der Waals surface area contributed by atoms with Crippen molar-refractivity contribution in [2.24, 2.45) is 0 Å². The van der Waals surface area contributed by atoms with E-state index >= 15 is 0 Å². The van der Waals surface area contributed by atoms with E-state index in [1.54, 1.807) is 0 Å². The number of amides is 1. The molecule has 1 fully saturated rings. The van der Waals surface area contributed by atoms with Gasteiger partial charge in [-0.3, -0.25) is 9.69 Å². The van der Waals surface area contributed by atoms with Gasteiger partial charge in [0, 0.05) is 6.04 Å². The molecule has 2 N–H and O–H groups in total. The van der Waals surface area contributed by atoms with E-state index in [1.165, 1.54) is 0 Å². The van der Waals surface area contributed by atoms with Crippen molar-refractivity contribution < 1.29 is 9.53 Å². The van der Waals surface area contributed by atoms with Gasteiger partial charge in [0.1, 0.15) is 12.4 Å². The summed E-state index contributed by atoms with van der Waals surface area (Å²) in [5, 5.41) is 6.24. The fraction of sp³-hybridized carbons (Fsp3) is 0.562. The van der Waals surface area contributed by atoms with Crippen LogP contribution in [0.2, 0.25) is 0 Å². The van der Waals surface area contributed by atoms with Crippen LogP contribution < -0.4 is 15.4 Å². The molecule has 116 valence electrons. The van der Waals surface area contributed by atoms with Crippen molar-refractivity contribution >= 4 is 5.91 Å². The summed E-state index contributed by atoms with van der Waals surface area (Å²) < 4.78 is 5.54. The first-order valence-corrected chi connectivity index (χ1v) is 7.61. The molecule has 0 atom stereocenters. The molecule has 1 heterocycles. The predicted octanol–water partition coefficient (Wildman–Crippen LogP) is 0.865. The highest BCUT2D eigenvalue weighted by Crippen LogP contribution is 2.09. The second-order valence-electron chi connectivity index (χ2n) is 5.41. The first kappa shape index (κ1) is 15.8. The number of nitrogens with zero attached hydrogens (tertiary/aromatic N) is 1. The van der Waals surface area contributed by atoms with Crippen LogP contribution in [0.5, 0.6) is 5.75 Å². The van der Waals surface area contributed by atoms with Crippen molar-refractivity contribution in [3.05, 3.63) is 30.3 Å². The Bertz CT molecular complexity index is 419. The summed E-state index contributed by atoms with van der Waals surface area (Å²) >= 11 is 0. The Balaban J connectivity index is 1.58. The maximum absolute atomic E-state index is 11.9. The lowest BCUT2D eigenvalue weighted by molar-refractivity contribution is -0.122. The van der Waals surface area contributed by atoms with Crippen LogP contribution in [0.15, 0.2) is 30.3 Å². The normalized spacial score (nSPS) is 15.9. The van der Waals surface area contributed by atoms with Crippen molar-refractivity contribution in [2.45, 2.75) is 18.9 Å². The molecule has 1 aliphatic rings. The Morgan fingerprint density at radius 1 is 1.33 bits per heavy atom. The van der Waals surface area contributed by atoms with E-state index in [0.717, 1.165) is 31.7 Å². The van der Waals surface area contributed by atoms with Crippen molar-refractivity contribution in [3.63, 3.8) is 0 Å². The van der Waals surface area contributed by atoms with Gasteiger partial charge in [-0.1, -0.05) is 18.2 Å². The van der Waals surface area contributed by atoms with Gasteiger partial charge < -0.3 is 15.4 Å². The first-order chi connectivity index (χ1) is 10.3. The molecule has 5 heteroatoms. The zero-order valence-electron chi connectivity index (χ0n) is 12.7. The minimum absolute atomic E-state index is 0.0627. The van der Waals surface area contributed by atoms with E-state index < -0.39 is 0 Å². The predicted molar refractivity (Wildman–Crippen MR) is 83.5 cm³/mol. The molecule has 1 aromatic carbocycles. The van der Waals surface area contributed by atoms with E-state index in [1.807, 2.05) is 37.4 Å². The highest BCUT2D eigenvalue weighted by molar-refractivity contribution is 5.77. The van der Waals surface area contributed by atoms with E-state index in [0.29, 0.717) is 25.7 Å². The van der Waals surface area contributed by atoms with Crippen LogP contribution in [0.25, 0.3) is 0 Å². The van der Waals surface area contributed by atoms with E-state index in [4.69, 9.17) is 4.74 Å². The Hall–Kier alpha value is -1.59. The molecule has 21 heavy (non-hydrogen) atoms. The number of para-hydroxylation sites is 1. The third-order valence-electron chi connectivity index (χ3n) is 3.76. The smallest absolute Gasteiger partial charge is 0.234 e. The molecule has 1 amide bonds. The minimum atomic E-state index is 0.0627. The molecule has 1 aromatic rings. The fourth-order valence-electron chi connectivity index (χ4n) is 2.54. The van der Waals surface area contributed by atoms with Crippen LogP contribution in [0.4, 0.5) is 0 Å². The molecular formula is C16H25N3O2. The van der Waals surface area contributed by atoms with E-state index in [2.05, 4.69) is 15.5 Å². The lowest BCUT2D eigenvalue weighted by Gasteiger charge is -2.31. The number of benzene rings is 1. The molecule has 0 radical (unpaired) electrons. The summed E-state index contributed by atoms with van der Waals surface area (Å²) in [4.78, 5) is 14.0. The zero-order chi connectivity index (χ0) is 14.9. The number of carbonyl (C=O) groups excluding carboxylic acids is 1. The summed E-state index contributed by atoms with van der Waals surface area (Å²) in [7, 11) is 2.02. The number of nitrogens with one attached hydrogen (secondary N) is 2. The van der Waals surface area contributed by atoms with Gasteiger partial charge in [-0.2, -0.15) is 0 Å². The van der Waals surface area contributed by atoms with Crippen LogP contribution in [-0.2, 0) is 4.79 Å². The van der Waals surface area contributed by atoms with Gasteiger partial charge in [0.2, 0.25) is 5.91 Å². The highest BCUT2D eigenvalue weighted by atomic mass is 16.5. The first-order valence-electron chi connectivity index (χ1n) is 7.61. The Morgan fingerprint density at radius 2 is 2.05 bits per heavy atom. The molecule has 1 aliphatic heterocycles. The second kappa shape index (κ2) is 8.64. The average Bonchev–Trinajstić information content (AvgIpc) is 2.53. The van der Waals surface area contributed by atoms with Gasteiger partial charge in [0.25, 0.3) is 0 Å². The van der Waals surface area contributed by atoms with Gasteiger partial charge >= 0.3 is 0 Å². The standard InChI is InChI=1S/C16H25N3O2/c1-19(14-7-9-17-10-8-14)13-16(20)18-11-12-21-15-5-3-2-4-6-15/h2-6,14,17H,7-13H2,1H3,(H,18,20). The molecule has 0 aromatic heterocycles. The fourth-order valence-corrected chi connectivity index (χ4v) is 2.54. The summed E-state index contributed by atoms with van der Waals surface area (Å²) in [6.45, 7) is 3.57. The van der Waals surface area contributed by atoms with Crippen molar-refractivity contribution in [2.75, 3.05) is 39.8 Å². The number of likely N-dealkylation sites (N-methyl/N-ethyl adjacent to an activating group) is 1. The maximum atomic E-state index is 11.9. The molecule has 5 nitrogen and oxygen atoms in total. The number of piperidine rings is 1. The monoisotopic (exact) mass is 291 g/mol. The number of hydrogen-bond acceptors (Lipinski definition) is 4. The molecule has 0 bridgehead atoms. The Kier molecular flexibility index (Phi) is 6.50. The van der Waals surface area contributed by atoms with Crippen LogP contribution in [0, 0.1) is 0 Å². The number of carbonyl (C=O) groups is 1. The third kappa shape index (κ3) is 5.73. The van der Waals surface area contributed by atoms with Crippen LogP contribution in [0.3, 0.4) is 0 Å². The number of hydrogen-bond donors (Lipinski definition) is 2. The lowest BCUT2D eigenvalue weighted by atomic mass is 10.1. The average molecular weight is 291 g/mol. The largest absolute Gasteiger partial charge is 0.492 e. The summed E-state index contributed by atoms with van der Waals surface area (Å²) in [6, 6.07) is 10.1. The summed E-state index contributed by atoms with van der Waals surface area (Å²) in [6.07, 6.45) is 2.22. The Labute approximate surface area is 126 Å². The SMILES string of the molecule is CN(CC(=O)NCCOc1ccccc1)C1CCNCC1. The van der Waals surface area contributed by atoms with Gasteiger partial charge in [-0.05, 0) is 45.1 Å². The minimum Gasteiger partial charge on any atom is -0.492 e. The van der Waals surface area contributed by atoms with Crippen LogP contribution in [0.1, 0.15) is 12.8 Å². The quantitative estimate of drug-likeness (QED) is 0.732. The maximum Gasteiger partial charge on any atom is 0.234 e. The van der Waals surface area contributed by atoms with Gasteiger partial charge in [0.15, 0.2) is 0 Å². The molecule has 0 aliphatic carbocycles. The molecule has 0 saturated carbocycles. The Morgan fingerprint density at radius 3 is 2.76 bits per heavy atom. The van der Waals surface area contributed by atoms with E-state index in [-0.39, 0.29) is 5.91 Å². The number of rotatable bonds is 7. The highest BCUT2D eigenvalue weighted by Gasteiger charge is 2.19. The number of ether oxygens (including phenoxy) is 1. The molecule has 0 spiro atoms.